The van der Waals surface area contributed by atoms with Gasteiger partial charge in [0.1, 0.15) is 5.75 Å². The Labute approximate surface area is 113 Å². The molecule has 0 bridgehead atoms. The van der Waals surface area contributed by atoms with E-state index in [-0.39, 0.29) is 5.92 Å². The van der Waals surface area contributed by atoms with E-state index in [4.69, 9.17) is 4.74 Å². The number of rotatable bonds is 5. The van der Waals surface area contributed by atoms with Crippen molar-refractivity contribution in [1.82, 2.24) is 4.98 Å². The zero-order chi connectivity index (χ0) is 13.7. The third-order valence-corrected chi connectivity index (χ3v) is 3.16. The highest BCUT2D eigenvalue weighted by Crippen LogP contribution is 2.30. The number of ether oxygens (including phenoxy) is 1. The normalized spacial score (nSPS) is 13.8. The zero-order valence-electron chi connectivity index (χ0n) is 11.3. The number of aliphatic hydroxyl groups excluding tert-OH is 1. The SMILES string of the molecule is CCOc1ccc(C(O)C(C)c2ccccn2)cc1. The molecule has 1 aromatic heterocycles. The summed E-state index contributed by atoms with van der Waals surface area (Å²) in [6.07, 6.45) is 1.18. The quantitative estimate of drug-likeness (QED) is 0.893. The van der Waals surface area contributed by atoms with E-state index in [0.29, 0.717) is 6.61 Å². The van der Waals surface area contributed by atoms with E-state index in [1.165, 1.54) is 0 Å². The number of hydrogen-bond donors (Lipinski definition) is 1. The Morgan fingerprint density at radius 2 is 1.89 bits per heavy atom. The van der Waals surface area contributed by atoms with Crippen LogP contribution in [0, 0.1) is 0 Å². The first-order valence-corrected chi connectivity index (χ1v) is 6.54. The van der Waals surface area contributed by atoms with Crippen LogP contribution in [-0.4, -0.2) is 16.7 Å². The van der Waals surface area contributed by atoms with Crippen LogP contribution in [-0.2, 0) is 0 Å². The second-order valence-electron chi connectivity index (χ2n) is 4.49. The van der Waals surface area contributed by atoms with Crippen LogP contribution < -0.4 is 4.74 Å². The zero-order valence-corrected chi connectivity index (χ0v) is 11.3. The van der Waals surface area contributed by atoms with Crippen molar-refractivity contribution in [3.8, 4) is 5.75 Å². The van der Waals surface area contributed by atoms with Crippen molar-refractivity contribution in [1.29, 1.82) is 0 Å². The summed E-state index contributed by atoms with van der Waals surface area (Å²) in [7, 11) is 0. The third kappa shape index (κ3) is 3.32. The minimum Gasteiger partial charge on any atom is -0.494 e. The molecule has 2 aromatic rings. The molecule has 19 heavy (non-hydrogen) atoms. The maximum atomic E-state index is 10.4. The van der Waals surface area contributed by atoms with Gasteiger partial charge in [-0.2, -0.15) is 0 Å². The van der Waals surface area contributed by atoms with Crippen LogP contribution in [0.5, 0.6) is 5.75 Å². The van der Waals surface area contributed by atoms with Crippen molar-refractivity contribution in [2.24, 2.45) is 0 Å². The van der Waals surface area contributed by atoms with Crippen molar-refractivity contribution in [3.63, 3.8) is 0 Å². The number of benzene rings is 1. The molecule has 0 aliphatic heterocycles. The van der Waals surface area contributed by atoms with Crippen LogP contribution in [0.1, 0.15) is 37.1 Å². The molecule has 0 aliphatic carbocycles. The molecule has 1 heterocycles. The van der Waals surface area contributed by atoms with Gasteiger partial charge in [0.2, 0.25) is 0 Å². The number of hydrogen-bond acceptors (Lipinski definition) is 3. The monoisotopic (exact) mass is 257 g/mol. The van der Waals surface area contributed by atoms with Gasteiger partial charge in [-0.1, -0.05) is 25.1 Å². The van der Waals surface area contributed by atoms with Crippen molar-refractivity contribution < 1.29 is 9.84 Å². The molecule has 3 heteroatoms. The molecular weight excluding hydrogens is 238 g/mol. The number of aliphatic hydroxyl groups is 1. The average molecular weight is 257 g/mol. The minimum absolute atomic E-state index is 0.0425. The van der Waals surface area contributed by atoms with Gasteiger partial charge in [0, 0.05) is 17.8 Å². The maximum Gasteiger partial charge on any atom is 0.119 e. The lowest BCUT2D eigenvalue weighted by Crippen LogP contribution is -2.09. The molecule has 1 N–H and O–H groups in total. The van der Waals surface area contributed by atoms with Crippen molar-refractivity contribution in [2.45, 2.75) is 25.9 Å². The standard InChI is InChI=1S/C16H19NO2/c1-3-19-14-9-7-13(8-10-14)16(18)12(2)15-6-4-5-11-17-15/h4-12,16,18H,3H2,1-2H3. The Morgan fingerprint density at radius 1 is 1.16 bits per heavy atom. The van der Waals surface area contributed by atoms with E-state index >= 15 is 0 Å². The van der Waals surface area contributed by atoms with E-state index < -0.39 is 6.10 Å². The molecule has 2 atom stereocenters. The Bertz CT molecular complexity index is 496. The highest BCUT2D eigenvalue weighted by molar-refractivity contribution is 5.30. The van der Waals surface area contributed by atoms with E-state index in [2.05, 4.69) is 4.98 Å². The molecule has 0 fully saturated rings. The highest BCUT2D eigenvalue weighted by atomic mass is 16.5. The molecule has 2 rings (SSSR count). The Morgan fingerprint density at radius 3 is 2.47 bits per heavy atom. The van der Waals surface area contributed by atoms with Gasteiger partial charge in [0.05, 0.1) is 12.7 Å². The maximum absolute atomic E-state index is 10.4. The first-order chi connectivity index (χ1) is 9.22. The molecule has 0 radical (unpaired) electrons. The lowest BCUT2D eigenvalue weighted by molar-refractivity contribution is 0.150. The molecule has 3 nitrogen and oxygen atoms in total. The number of aromatic nitrogens is 1. The van der Waals surface area contributed by atoms with Gasteiger partial charge in [-0.25, -0.2) is 0 Å². The van der Waals surface area contributed by atoms with Gasteiger partial charge in [-0.15, -0.1) is 0 Å². The van der Waals surface area contributed by atoms with Crippen molar-refractivity contribution in [2.75, 3.05) is 6.61 Å². The second-order valence-corrected chi connectivity index (χ2v) is 4.49. The Kier molecular flexibility index (Phi) is 4.53. The first kappa shape index (κ1) is 13.6. The summed E-state index contributed by atoms with van der Waals surface area (Å²) < 4.78 is 5.39. The molecule has 2 unspecified atom stereocenters. The molecule has 0 aliphatic rings. The fourth-order valence-corrected chi connectivity index (χ4v) is 2.02. The van der Waals surface area contributed by atoms with Gasteiger partial charge in [-0.05, 0) is 36.8 Å². The number of nitrogens with zero attached hydrogens (tertiary/aromatic N) is 1. The predicted molar refractivity (Wildman–Crippen MR) is 75.2 cm³/mol. The highest BCUT2D eigenvalue weighted by Gasteiger charge is 2.19. The predicted octanol–water partition coefficient (Wildman–Crippen LogP) is 3.32. The molecule has 100 valence electrons. The second kappa shape index (κ2) is 6.34. The lowest BCUT2D eigenvalue weighted by atomic mass is 9.94. The topological polar surface area (TPSA) is 42.4 Å². The number of pyridine rings is 1. The van der Waals surface area contributed by atoms with Crippen molar-refractivity contribution in [3.05, 3.63) is 59.9 Å². The molecule has 1 aromatic carbocycles. The van der Waals surface area contributed by atoms with Gasteiger partial charge in [-0.3, -0.25) is 4.98 Å². The van der Waals surface area contributed by atoms with Crippen LogP contribution >= 0.6 is 0 Å². The van der Waals surface area contributed by atoms with Gasteiger partial charge in [0.15, 0.2) is 0 Å². The molecule has 0 amide bonds. The Balaban J connectivity index is 2.12. The summed E-state index contributed by atoms with van der Waals surface area (Å²) in [5, 5.41) is 10.4. The summed E-state index contributed by atoms with van der Waals surface area (Å²) in [6, 6.07) is 13.3. The van der Waals surface area contributed by atoms with Crippen molar-refractivity contribution >= 4 is 0 Å². The third-order valence-electron chi connectivity index (χ3n) is 3.16. The fourth-order valence-electron chi connectivity index (χ4n) is 2.02. The van der Waals surface area contributed by atoms with E-state index in [1.807, 2.05) is 56.3 Å². The van der Waals surface area contributed by atoms with E-state index in [0.717, 1.165) is 17.0 Å². The fraction of sp³-hybridized carbons (Fsp3) is 0.312. The lowest BCUT2D eigenvalue weighted by Gasteiger charge is -2.19. The average Bonchev–Trinajstić information content (AvgIpc) is 2.48. The van der Waals surface area contributed by atoms with Crippen LogP contribution in [0.4, 0.5) is 0 Å². The molecular formula is C16H19NO2. The summed E-state index contributed by atoms with van der Waals surface area (Å²) in [4.78, 5) is 4.29. The van der Waals surface area contributed by atoms with Gasteiger partial charge in [0.25, 0.3) is 0 Å². The van der Waals surface area contributed by atoms with E-state index in [9.17, 15) is 5.11 Å². The Hall–Kier alpha value is -1.87. The largest absolute Gasteiger partial charge is 0.494 e. The minimum atomic E-state index is -0.564. The molecule has 0 saturated heterocycles. The molecule has 0 spiro atoms. The first-order valence-electron chi connectivity index (χ1n) is 6.54. The summed E-state index contributed by atoms with van der Waals surface area (Å²) in [6.45, 7) is 4.57. The van der Waals surface area contributed by atoms with Crippen LogP contribution in [0.2, 0.25) is 0 Å². The summed E-state index contributed by atoms with van der Waals surface area (Å²) in [5.74, 6) is 0.781. The van der Waals surface area contributed by atoms with Gasteiger partial charge >= 0.3 is 0 Å². The summed E-state index contributed by atoms with van der Waals surface area (Å²) >= 11 is 0. The van der Waals surface area contributed by atoms with Gasteiger partial charge < -0.3 is 9.84 Å². The van der Waals surface area contributed by atoms with Crippen LogP contribution in [0.25, 0.3) is 0 Å². The van der Waals surface area contributed by atoms with Crippen LogP contribution in [0.15, 0.2) is 48.7 Å². The van der Waals surface area contributed by atoms with Crippen LogP contribution in [0.3, 0.4) is 0 Å². The molecule has 0 saturated carbocycles. The smallest absolute Gasteiger partial charge is 0.119 e. The summed E-state index contributed by atoms with van der Waals surface area (Å²) in [5.41, 5.74) is 1.77. The van der Waals surface area contributed by atoms with E-state index in [1.54, 1.807) is 6.20 Å².